The van der Waals surface area contributed by atoms with Crippen LogP contribution in [0, 0.1) is 0 Å². The Bertz CT molecular complexity index is 704. The highest BCUT2D eigenvalue weighted by Crippen LogP contribution is 2.19. The average Bonchev–Trinajstić information content (AvgIpc) is 2.53. The number of nitrogens with zero attached hydrogens (tertiary/aromatic N) is 1. The first-order valence-corrected chi connectivity index (χ1v) is 7.59. The predicted octanol–water partition coefficient (Wildman–Crippen LogP) is 4.71. The van der Waals surface area contributed by atoms with Gasteiger partial charge in [-0.2, -0.15) is 0 Å². The summed E-state index contributed by atoms with van der Waals surface area (Å²) < 4.78 is 5.84. The van der Waals surface area contributed by atoms with E-state index in [-0.39, 0.29) is 0 Å². The molecule has 0 spiro atoms. The minimum absolute atomic E-state index is 0.530. The second kappa shape index (κ2) is 6.06. The van der Waals surface area contributed by atoms with E-state index in [1.807, 2.05) is 30.5 Å². The zero-order valence-corrected chi connectivity index (χ0v) is 12.5. The fourth-order valence-corrected chi connectivity index (χ4v) is 2.49. The van der Waals surface area contributed by atoms with Gasteiger partial charge < -0.3 is 4.74 Å². The molecule has 3 heteroatoms. The molecule has 0 radical (unpaired) electrons. The van der Waals surface area contributed by atoms with E-state index in [1.165, 1.54) is 5.56 Å². The van der Waals surface area contributed by atoms with Crippen molar-refractivity contribution < 1.29 is 4.74 Å². The number of aromatic nitrogens is 1. The third-order valence-corrected chi connectivity index (χ3v) is 3.84. The Balaban J connectivity index is 1.79. The van der Waals surface area contributed by atoms with E-state index in [4.69, 9.17) is 4.74 Å². The highest BCUT2D eigenvalue weighted by molar-refractivity contribution is 9.08. The second-order valence-electron chi connectivity index (χ2n) is 4.56. The van der Waals surface area contributed by atoms with Crippen molar-refractivity contribution in [3.8, 4) is 5.75 Å². The molecule has 100 valence electrons. The average molecular weight is 328 g/mol. The van der Waals surface area contributed by atoms with Gasteiger partial charge in [0.15, 0.2) is 0 Å². The molecule has 0 atom stereocenters. The van der Waals surface area contributed by atoms with Gasteiger partial charge in [0.1, 0.15) is 12.4 Å². The van der Waals surface area contributed by atoms with Gasteiger partial charge in [-0.25, -0.2) is 0 Å². The number of ether oxygens (including phenoxy) is 1. The summed E-state index contributed by atoms with van der Waals surface area (Å²) in [6, 6.07) is 18.3. The zero-order valence-electron chi connectivity index (χ0n) is 10.9. The number of alkyl halides is 1. The molecule has 0 saturated carbocycles. The SMILES string of the molecule is BrCc1ccc(OCc2cccc3cccnc23)cc1. The van der Waals surface area contributed by atoms with Crippen LogP contribution in [-0.4, -0.2) is 4.98 Å². The van der Waals surface area contributed by atoms with Crippen LogP contribution < -0.4 is 4.74 Å². The lowest BCUT2D eigenvalue weighted by molar-refractivity contribution is 0.307. The largest absolute Gasteiger partial charge is 0.489 e. The maximum atomic E-state index is 5.84. The van der Waals surface area contributed by atoms with Crippen molar-refractivity contribution in [3.05, 3.63) is 71.9 Å². The van der Waals surface area contributed by atoms with Gasteiger partial charge in [-0.15, -0.1) is 0 Å². The molecule has 0 amide bonds. The lowest BCUT2D eigenvalue weighted by Gasteiger charge is -2.08. The molecule has 0 unspecified atom stereocenters. The fraction of sp³-hybridized carbons (Fsp3) is 0.118. The maximum Gasteiger partial charge on any atom is 0.119 e. The molecule has 20 heavy (non-hydrogen) atoms. The van der Waals surface area contributed by atoms with Crippen LogP contribution in [0.25, 0.3) is 10.9 Å². The molecule has 0 N–H and O–H groups in total. The summed E-state index contributed by atoms with van der Waals surface area (Å²) >= 11 is 3.44. The van der Waals surface area contributed by atoms with E-state index in [0.717, 1.165) is 27.5 Å². The van der Waals surface area contributed by atoms with Crippen molar-refractivity contribution in [2.75, 3.05) is 0 Å². The molecule has 0 aliphatic heterocycles. The van der Waals surface area contributed by atoms with Crippen LogP contribution in [0.4, 0.5) is 0 Å². The van der Waals surface area contributed by atoms with Gasteiger partial charge >= 0.3 is 0 Å². The number of para-hydroxylation sites is 1. The van der Waals surface area contributed by atoms with Crippen molar-refractivity contribution in [1.29, 1.82) is 0 Å². The number of hydrogen-bond donors (Lipinski definition) is 0. The number of fused-ring (bicyclic) bond motifs is 1. The molecule has 1 aromatic heterocycles. The molecular formula is C17H14BrNO. The molecule has 0 saturated heterocycles. The number of benzene rings is 2. The Hall–Kier alpha value is -1.87. The van der Waals surface area contributed by atoms with Crippen molar-refractivity contribution in [1.82, 2.24) is 4.98 Å². The van der Waals surface area contributed by atoms with Crippen LogP contribution in [0.1, 0.15) is 11.1 Å². The van der Waals surface area contributed by atoms with Crippen molar-refractivity contribution in [2.45, 2.75) is 11.9 Å². The van der Waals surface area contributed by atoms with E-state index in [1.54, 1.807) is 0 Å². The molecule has 2 aromatic carbocycles. The third kappa shape index (κ3) is 2.83. The summed E-state index contributed by atoms with van der Waals surface area (Å²) in [6.07, 6.45) is 1.82. The fourth-order valence-electron chi connectivity index (χ4n) is 2.12. The van der Waals surface area contributed by atoms with E-state index >= 15 is 0 Å². The summed E-state index contributed by atoms with van der Waals surface area (Å²) in [7, 11) is 0. The van der Waals surface area contributed by atoms with Crippen LogP contribution in [0.5, 0.6) is 5.75 Å². The van der Waals surface area contributed by atoms with E-state index < -0.39 is 0 Å². The minimum Gasteiger partial charge on any atom is -0.489 e. The van der Waals surface area contributed by atoms with Gasteiger partial charge in [0.25, 0.3) is 0 Å². The summed E-state index contributed by atoms with van der Waals surface area (Å²) in [5, 5.41) is 2.00. The van der Waals surface area contributed by atoms with Gasteiger partial charge in [0.2, 0.25) is 0 Å². The zero-order chi connectivity index (χ0) is 13.8. The second-order valence-corrected chi connectivity index (χ2v) is 5.12. The van der Waals surface area contributed by atoms with Crippen LogP contribution in [-0.2, 0) is 11.9 Å². The van der Waals surface area contributed by atoms with Gasteiger partial charge in [-0.1, -0.05) is 52.3 Å². The summed E-state index contributed by atoms with van der Waals surface area (Å²) in [5.41, 5.74) is 3.35. The molecule has 0 aliphatic carbocycles. The Kier molecular flexibility index (Phi) is 3.97. The molecule has 3 aromatic rings. The van der Waals surface area contributed by atoms with E-state index in [9.17, 15) is 0 Å². The smallest absolute Gasteiger partial charge is 0.119 e. The van der Waals surface area contributed by atoms with E-state index in [2.05, 4.69) is 51.2 Å². The summed E-state index contributed by atoms with van der Waals surface area (Å²) in [5.74, 6) is 0.877. The lowest BCUT2D eigenvalue weighted by Crippen LogP contribution is -1.97. The molecular weight excluding hydrogens is 314 g/mol. The summed E-state index contributed by atoms with van der Waals surface area (Å²) in [6.45, 7) is 0.530. The van der Waals surface area contributed by atoms with Crippen molar-refractivity contribution >= 4 is 26.8 Å². The topological polar surface area (TPSA) is 22.1 Å². The van der Waals surface area contributed by atoms with Crippen molar-refractivity contribution in [2.24, 2.45) is 0 Å². The van der Waals surface area contributed by atoms with E-state index in [0.29, 0.717) is 6.61 Å². The normalized spacial score (nSPS) is 10.7. The van der Waals surface area contributed by atoms with Gasteiger partial charge in [-0.05, 0) is 23.8 Å². The molecule has 0 fully saturated rings. The number of halogens is 1. The minimum atomic E-state index is 0.530. The first kappa shape index (κ1) is 13.1. The first-order valence-electron chi connectivity index (χ1n) is 6.47. The standard InChI is InChI=1S/C17H14BrNO/c18-11-13-6-8-16(9-7-13)20-12-15-4-1-3-14-5-2-10-19-17(14)15/h1-10H,11-12H2. The molecule has 0 bridgehead atoms. The first-order chi connectivity index (χ1) is 9.86. The number of pyridine rings is 1. The molecule has 1 heterocycles. The lowest BCUT2D eigenvalue weighted by atomic mass is 10.1. The van der Waals surface area contributed by atoms with Gasteiger partial charge in [0.05, 0.1) is 5.52 Å². The highest BCUT2D eigenvalue weighted by atomic mass is 79.9. The van der Waals surface area contributed by atoms with Gasteiger partial charge in [-0.3, -0.25) is 4.98 Å². The molecule has 3 rings (SSSR count). The monoisotopic (exact) mass is 327 g/mol. The Morgan fingerprint density at radius 3 is 2.55 bits per heavy atom. The maximum absolute atomic E-state index is 5.84. The predicted molar refractivity (Wildman–Crippen MR) is 85.1 cm³/mol. The van der Waals surface area contributed by atoms with Gasteiger partial charge in [0, 0.05) is 22.5 Å². The highest BCUT2D eigenvalue weighted by Gasteiger charge is 2.02. The number of hydrogen-bond acceptors (Lipinski definition) is 2. The van der Waals surface area contributed by atoms with Crippen molar-refractivity contribution in [3.63, 3.8) is 0 Å². The molecule has 2 nitrogen and oxygen atoms in total. The third-order valence-electron chi connectivity index (χ3n) is 3.19. The van der Waals surface area contributed by atoms with Crippen LogP contribution in [0.2, 0.25) is 0 Å². The molecule has 0 aliphatic rings. The Labute approximate surface area is 126 Å². The summed E-state index contributed by atoms with van der Waals surface area (Å²) in [4.78, 5) is 4.43. The quantitative estimate of drug-likeness (QED) is 0.647. The van der Waals surface area contributed by atoms with Crippen LogP contribution >= 0.6 is 15.9 Å². The Morgan fingerprint density at radius 1 is 0.950 bits per heavy atom. The number of rotatable bonds is 4. The van der Waals surface area contributed by atoms with Crippen LogP contribution in [0.3, 0.4) is 0 Å². The van der Waals surface area contributed by atoms with Crippen LogP contribution in [0.15, 0.2) is 60.8 Å². The Morgan fingerprint density at radius 2 is 1.75 bits per heavy atom.